The first kappa shape index (κ1) is 23.7. The van der Waals surface area contributed by atoms with E-state index in [1.54, 1.807) is 6.07 Å². The van der Waals surface area contributed by atoms with Crippen molar-refractivity contribution < 1.29 is 4.79 Å². The fourth-order valence-electron chi connectivity index (χ4n) is 4.26. The number of carbonyl (C=O) groups excluding carboxylic acids is 1. The molecule has 0 spiro atoms. The van der Waals surface area contributed by atoms with E-state index in [0.717, 1.165) is 28.6 Å². The number of nitrogens with one attached hydrogen (secondary N) is 1. The van der Waals surface area contributed by atoms with Gasteiger partial charge < -0.3 is 9.88 Å². The number of fused-ring (bicyclic) bond motifs is 1. The van der Waals surface area contributed by atoms with E-state index in [1.807, 2.05) is 48.5 Å². The summed E-state index contributed by atoms with van der Waals surface area (Å²) in [7, 11) is 0. The summed E-state index contributed by atoms with van der Waals surface area (Å²) >= 11 is 18.6. The summed E-state index contributed by atoms with van der Waals surface area (Å²) in [5, 5.41) is 6.09. The highest BCUT2D eigenvalue weighted by Gasteiger charge is 2.23. The van der Waals surface area contributed by atoms with Crippen molar-refractivity contribution >= 4 is 51.6 Å². The van der Waals surface area contributed by atoms with Gasteiger partial charge in [-0.1, -0.05) is 71.2 Å². The van der Waals surface area contributed by atoms with Crippen molar-refractivity contribution in [3.8, 4) is 0 Å². The zero-order valence-corrected chi connectivity index (χ0v) is 20.6. The third-order valence-corrected chi connectivity index (χ3v) is 6.73. The molecule has 0 aliphatic rings. The van der Waals surface area contributed by atoms with Gasteiger partial charge in [-0.3, -0.25) is 4.79 Å². The Morgan fingerprint density at radius 2 is 1.76 bits per heavy atom. The van der Waals surface area contributed by atoms with Gasteiger partial charge in [-0.05, 0) is 60.4 Å². The van der Waals surface area contributed by atoms with E-state index < -0.39 is 0 Å². The van der Waals surface area contributed by atoms with Gasteiger partial charge in [-0.15, -0.1) is 0 Å². The Labute approximate surface area is 209 Å². The first-order valence-corrected chi connectivity index (χ1v) is 12.1. The molecule has 1 atom stereocenters. The summed E-state index contributed by atoms with van der Waals surface area (Å²) in [4.78, 5) is 13.0. The Bertz CT molecular complexity index is 1280. The minimum atomic E-state index is -0.111. The van der Waals surface area contributed by atoms with E-state index in [4.69, 9.17) is 34.8 Å². The van der Waals surface area contributed by atoms with Gasteiger partial charge in [-0.25, -0.2) is 0 Å². The number of carbonyl (C=O) groups is 1. The zero-order chi connectivity index (χ0) is 23.4. The molecule has 6 heteroatoms. The molecule has 4 rings (SSSR count). The van der Waals surface area contributed by atoms with E-state index in [2.05, 4.69) is 35.1 Å². The van der Waals surface area contributed by atoms with Gasteiger partial charge in [-0.2, -0.15) is 0 Å². The average Bonchev–Trinajstić information content (AvgIpc) is 3.17. The quantitative estimate of drug-likeness (QED) is 0.267. The fourth-order valence-corrected chi connectivity index (χ4v) is 4.97. The molecule has 33 heavy (non-hydrogen) atoms. The van der Waals surface area contributed by atoms with Crippen LogP contribution in [-0.2, 0) is 17.8 Å². The largest absolute Gasteiger partial charge is 0.356 e. The highest BCUT2D eigenvalue weighted by atomic mass is 35.5. The second-order valence-corrected chi connectivity index (χ2v) is 9.32. The molecule has 0 radical (unpaired) electrons. The number of benzene rings is 3. The summed E-state index contributed by atoms with van der Waals surface area (Å²) in [6.45, 7) is 3.48. The molecule has 1 N–H and O–H groups in total. The lowest BCUT2D eigenvalue weighted by atomic mass is 9.88. The maximum atomic E-state index is 13.0. The summed E-state index contributed by atoms with van der Waals surface area (Å²) in [6, 6.07) is 21.5. The molecule has 0 bridgehead atoms. The maximum absolute atomic E-state index is 13.0. The third kappa shape index (κ3) is 5.55. The van der Waals surface area contributed by atoms with Crippen LogP contribution in [0.3, 0.4) is 0 Å². The highest BCUT2D eigenvalue weighted by molar-refractivity contribution is 6.35. The van der Waals surface area contributed by atoms with Gasteiger partial charge in [0.2, 0.25) is 5.91 Å². The lowest BCUT2D eigenvalue weighted by molar-refractivity contribution is -0.121. The number of hydrogen-bond acceptors (Lipinski definition) is 1. The summed E-state index contributed by atoms with van der Waals surface area (Å²) < 4.78 is 2.22. The Balaban J connectivity index is 1.57. The predicted molar refractivity (Wildman–Crippen MR) is 139 cm³/mol. The van der Waals surface area contributed by atoms with E-state index in [9.17, 15) is 4.79 Å². The number of aryl methyl sites for hydroxylation is 1. The van der Waals surface area contributed by atoms with Crippen molar-refractivity contribution in [3.63, 3.8) is 0 Å². The minimum absolute atomic E-state index is 0.0154. The van der Waals surface area contributed by atoms with Crippen LogP contribution in [0, 0.1) is 0 Å². The number of para-hydroxylation sites is 1. The lowest BCUT2D eigenvalue weighted by Gasteiger charge is -2.18. The second kappa shape index (κ2) is 10.6. The molecule has 1 heterocycles. The van der Waals surface area contributed by atoms with Crippen LogP contribution in [0.15, 0.2) is 72.9 Å². The van der Waals surface area contributed by atoms with Crippen LogP contribution in [0.4, 0.5) is 0 Å². The van der Waals surface area contributed by atoms with Crippen LogP contribution in [0.25, 0.3) is 10.9 Å². The predicted octanol–water partition coefficient (Wildman–Crippen LogP) is 7.50. The number of amides is 1. The lowest BCUT2D eigenvalue weighted by Crippen LogP contribution is -2.27. The molecular formula is C27H25Cl3N2O. The number of hydrogen-bond donors (Lipinski definition) is 1. The van der Waals surface area contributed by atoms with Crippen molar-refractivity contribution in [1.29, 1.82) is 0 Å². The Morgan fingerprint density at radius 3 is 2.52 bits per heavy atom. The molecule has 1 amide bonds. The van der Waals surface area contributed by atoms with E-state index in [1.165, 1.54) is 5.52 Å². The standard InChI is InChI=1S/C27H25Cl3N2O/c1-2-32-17-24(22-8-3-4-9-26(22)32)23(19-6-5-7-20(28)14-19)16-27(33)31-13-12-18-10-11-21(29)15-25(18)30/h3-11,14-15,17,23H,2,12-13,16H2,1H3,(H,31,33). The molecule has 170 valence electrons. The molecule has 0 aliphatic heterocycles. The van der Waals surface area contributed by atoms with Gasteiger partial charge in [0.1, 0.15) is 0 Å². The van der Waals surface area contributed by atoms with Crippen molar-refractivity contribution in [2.75, 3.05) is 6.54 Å². The zero-order valence-electron chi connectivity index (χ0n) is 18.3. The Kier molecular flexibility index (Phi) is 7.64. The SMILES string of the molecule is CCn1cc(C(CC(=O)NCCc2ccc(Cl)cc2Cl)c2cccc(Cl)c2)c2ccccc21. The second-order valence-electron chi connectivity index (χ2n) is 8.04. The van der Waals surface area contributed by atoms with Crippen LogP contribution < -0.4 is 5.32 Å². The molecule has 3 nitrogen and oxygen atoms in total. The Hall–Kier alpha value is -2.46. The van der Waals surface area contributed by atoms with Gasteiger partial charge in [0, 0.05) is 57.6 Å². The van der Waals surface area contributed by atoms with E-state index in [-0.39, 0.29) is 11.8 Å². The normalized spacial score (nSPS) is 12.1. The van der Waals surface area contributed by atoms with E-state index >= 15 is 0 Å². The minimum Gasteiger partial charge on any atom is -0.356 e. The van der Waals surface area contributed by atoms with Crippen molar-refractivity contribution in [2.24, 2.45) is 0 Å². The van der Waals surface area contributed by atoms with Crippen LogP contribution in [0.5, 0.6) is 0 Å². The molecule has 3 aromatic carbocycles. The van der Waals surface area contributed by atoms with Crippen molar-refractivity contribution in [2.45, 2.75) is 32.2 Å². The molecular weight excluding hydrogens is 475 g/mol. The smallest absolute Gasteiger partial charge is 0.220 e. The van der Waals surface area contributed by atoms with Gasteiger partial charge in [0.05, 0.1) is 0 Å². The summed E-state index contributed by atoms with van der Waals surface area (Å²) in [5.41, 5.74) is 4.28. The van der Waals surface area contributed by atoms with E-state index in [0.29, 0.717) is 34.5 Å². The summed E-state index contributed by atoms with van der Waals surface area (Å²) in [5.74, 6) is -0.126. The van der Waals surface area contributed by atoms with Gasteiger partial charge in [0.15, 0.2) is 0 Å². The van der Waals surface area contributed by atoms with Crippen LogP contribution >= 0.6 is 34.8 Å². The monoisotopic (exact) mass is 498 g/mol. The average molecular weight is 500 g/mol. The first-order valence-electron chi connectivity index (χ1n) is 11.0. The first-order chi connectivity index (χ1) is 16.0. The molecule has 4 aromatic rings. The van der Waals surface area contributed by atoms with Gasteiger partial charge in [0.25, 0.3) is 0 Å². The number of halogens is 3. The van der Waals surface area contributed by atoms with Crippen LogP contribution in [0.1, 0.15) is 36.0 Å². The van der Waals surface area contributed by atoms with Crippen LogP contribution in [0.2, 0.25) is 15.1 Å². The third-order valence-electron chi connectivity index (χ3n) is 5.91. The van der Waals surface area contributed by atoms with Crippen LogP contribution in [-0.4, -0.2) is 17.0 Å². The van der Waals surface area contributed by atoms with Crippen molar-refractivity contribution in [1.82, 2.24) is 9.88 Å². The maximum Gasteiger partial charge on any atom is 0.220 e. The Morgan fingerprint density at radius 1 is 0.970 bits per heavy atom. The highest BCUT2D eigenvalue weighted by Crippen LogP contribution is 2.35. The number of nitrogens with zero attached hydrogens (tertiary/aromatic N) is 1. The molecule has 0 saturated heterocycles. The van der Waals surface area contributed by atoms with Crippen molar-refractivity contribution in [3.05, 3.63) is 105 Å². The van der Waals surface area contributed by atoms with Gasteiger partial charge >= 0.3 is 0 Å². The summed E-state index contributed by atoms with van der Waals surface area (Å²) in [6.07, 6.45) is 3.13. The number of aromatic nitrogens is 1. The molecule has 0 fully saturated rings. The number of rotatable bonds is 8. The molecule has 0 aliphatic carbocycles. The molecule has 1 unspecified atom stereocenters. The fraction of sp³-hybridized carbons (Fsp3) is 0.222. The molecule has 1 aromatic heterocycles. The topological polar surface area (TPSA) is 34.0 Å². The molecule has 0 saturated carbocycles.